The molecular formula is C21H21FN2OS. The van der Waals surface area contributed by atoms with Gasteiger partial charge in [-0.3, -0.25) is 9.69 Å². The average molecular weight is 368 g/mol. The molecule has 0 N–H and O–H groups in total. The van der Waals surface area contributed by atoms with Gasteiger partial charge in [-0.15, -0.1) is 11.3 Å². The number of hydrogen-bond acceptors (Lipinski definition) is 4. The van der Waals surface area contributed by atoms with Crippen LogP contribution in [0.3, 0.4) is 0 Å². The Kier molecular flexibility index (Phi) is 5.00. The molecule has 1 aliphatic heterocycles. The maximum Gasteiger partial charge on any atom is 0.211 e. The molecule has 0 saturated carbocycles. The molecule has 0 amide bonds. The lowest BCUT2D eigenvalue weighted by atomic mass is 10.1. The number of nitrogens with zero attached hydrogens (tertiary/aromatic N) is 2. The van der Waals surface area contributed by atoms with Crippen LogP contribution in [-0.2, 0) is 6.42 Å². The fourth-order valence-corrected chi connectivity index (χ4v) is 4.38. The molecule has 3 aromatic rings. The Bertz CT molecular complexity index is 949. The van der Waals surface area contributed by atoms with E-state index in [0.29, 0.717) is 11.1 Å². The highest BCUT2D eigenvalue weighted by atomic mass is 32.1. The maximum absolute atomic E-state index is 13.5. The molecule has 26 heavy (non-hydrogen) atoms. The standard InChI is InChI=1S/C21H21FN2OS/c22-17-6-7-20-18(14-17)21(25)19(15-26-20)24-12-10-23(11-13-24)9-8-16-4-2-1-3-5-16/h1-7,14-15H,8-13H2. The summed E-state index contributed by atoms with van der Waals surface area (Å²) >= 11 is 1.51. The van der Waals surface area contributed by atoms with E-state index >= 15 is 0 Å². The van der Waals surface area contributed by atoms with Gasteiger partial charge in [-0.2, -0.15) is 0 Å². The molecule has 3 nitrogen and oxygen atoms in total. The third-order valence-corrected chi connectivity index (χ3v) is 5.94. The summed E-state index contributed by atoms with van der Waals surface area (Å²) in [5.74, 6) is -0.357. The van der Waals surface area contributed by atoms with Gasteiger partial charge in [-0.1, -0.05) is 30.3 Å². The Balaban J connectivity index is 1.42. The van der Waals surface area contributed by atoms with E-state index in [1.807, 2.05) is 11.4 Å². The van der Waals surface area contributed by atoms with Crippen molar-refractivity contribution in [2.75, 3.05) is 37.6 Å². The number of benzene rings is 2. The van der Waals surface area contributed by atoms with Gasteiger partial charge in [-0.05, 0) is 30.2 Å². The van der Waals surface area contributed by atoms with Gasteiger partial charge < -0.3 is 4.90 Å². The summed E-state index contributed by atoms with van der Waals surface area (Å²) in [5, 5.41) is 2.40. The predicted octanol–water partition coefficient (Wildman–Crippen LogP) is 3.77. The van der Waals surface area contributed by atoms with Crippen molar-refractivity contribution in [2.45, 2.75) is 6.42 Å². The first-order valence-electron chi connectivity index (χ1n) is 8.93. The largest absolute Gasteiger partial charge is 0.365 e. The van der Waals surface area contributed by atoms with Crippen molar-refractivity contribution in [3.63, 3.8) is 0 Å². The molecule has 1 fully saturated rings. The average Bonchev–Trinajstić information content (AvgIpc) is 2.68. The van der Waals surface area contributed by atoms with Gasteiger partial charge in [0.1, 0.15) is 5.82 Å². The number of rotatable bonds is 4. The van der Waals surface area contributed by atoms with Crippen LogP contribution in [-0.4, -0.2) is 37.6 Å². The minimum absolute atomic E-state index is 0.0593. The van der Waals surface area contributed by atoms with E-state index in [4.69, 9.17) is 0 Å². The smallest absolute Gasteiger partial charge is 0.211 e. The molecule has 1 saturated heterocycles. The predicted molar refractivity (Wildman–Crippen MR) is 107 cm³/mol. The summed E-state index contributed by atoms with van der Waals surface area (Å²) in [5.41, 5.74) is 2.00. The minimum atomic E-state index is -0.357. The van der Waals surface area contributed by atoms with Crippen molar-refractivity contribution in [2.24, 2.45) is 0 Å². The van der Waals surface area contributed by atoms with E-state index in [0.717, 1.165) is 43.8 Å². The fourth-order valence-electron chi connectivity index (χ4n) is 3.46. The van der Waals surface area contributed by atoms with Gasteiger partial charge in [0.25, 0.3) is 0 Å². The van der Waals surface area contributed by atoms with E-state index < -0.39 is 0 Å². The van der Waals surface area contributed by atoms with Crippen LogP contribution in [0.4, 0.5) is 10.1 Å². The molecule has 0 atom stereocenters. The summed E-state index contributed by atoms with van der Waals surface area (Å²) in [6, 6.07) is 15.0. The molecule has 5 heteroatoms. The topological polar surface area (TPSA) is 23.6 Å². The minimum Gasteiger partial charge on any atom is -0.365 e. The van der Waals surface area contributed by atoms with Crippen molar-refractivity contribution >= 4 is 27.1 Å². The number of hydrogen-bond donors (Lipinski definition) is 0. The molecule has 0 spiro atoms. The van der Waals surface area contributed by atoms with Crippen LogP contribution in [0.25, 0.3) is 10.1 Å². The normalized spacial score (nSPS) is 15.5. The van der Waals surface area contributed by atoms with Crippen LogP contribution in [0.1, 0.15) is 5.56 Å². The molecule has 1 aliphatic rings. The van der Waals surface area contributed by atoms with Crippen molar-refractivity contribution in [1.82, 2.24) is 4.90 Å². The molecule has 0 aliphatic carbocycles. The molecular weight excluding hydrogens is 347 g/mol. The van der Waals surface area contributed by atoms with Crippen LogP contribution < -0.4 is 10.3 Å². The second-order valence-electron chi connectivity index (χ2n) is 6.65. The molecule has 2 aromatic carbocycles. The van der Waals surface area contributed by atoms with Gasteiger partial charge in [-0.25, -0.2) is 4.39 Å². The van der Waals surface area contributed by atoms with Gasteiger partial charge in [0.2, 0.25) is 5.43 Å². The number of fused-ring (bicyclic) bond motifs is 1. The molecule has 134 valence electrons. The van der Waals surface area contributed by atoms with E-state index in [9.17, 15) is 9.18 Å². The Hall–Kier alpha value is -2.24. The molecule has 4 rings (SSSR count). The molecule has 1 aromatic heterocycles. The first-order chi connectivity index (χ1) is 12.7. The highest BCUT2D eigenvalue weighted by Crippen LogP contribution is 2.23. The molecule has 0 unspecified atom stereocenters. The van der Waals surface area contributed by atoms with Crippen LogP contribution in [0.2, 0.25) is 0 Å². The highest BCUT2D eigenvalue weighted by molar-refractivity contribution is 7.16. The quantitative estimate of drug-likeness (QED) is 0.700. The summed E-state index contributed by atoms with van der Waals surface area (Å²) in [6.45, 7) is 4.58. The van der Waals surface area contributed by atoms with Crippen LogP contribution >= 0.6 is 11.3 Å². The third kappa shape index (κ3) is 3.64. The number of anilines is 1. The van der Waals surface area contributed by atoms with Crippen LogP contribution in [0.15, 0.2) is 58.7 Å². The molecule has 0 radical (unpaired) electrons. The lowest BCUT2D eigenvalue weighted by Crippen LogP contribution is -2.48. The van der Waals surface area contributed by atoms with Gasteiger partial charge in [0, 0.05) is 48.2 Å². The second-order valence-corrected chi connectivity index (χ2v) is 7.57. The van der Waals surface area contributed by atoms with Crippen LogP contribution in [0, 0.1) is 5.82 Å². The SMILES string of the molecule is O=c1c(N2CCN(CCc3ccccc3)CC2)csc2ccc(F)cc12. The lowest BCUT2D eigenvalue weighted by Gasteiger charge is -2.35. The lowest BCUT2D eigenvalue weighted by molar-refractivity contribution is 0.261. The summed E-state index contributed by atoms with van der Waals surface area (Å²) in [4.78, 5) is 17.3. The first-order valence-corrected chi connectivity index (χ1v) is 9.81. The zero-order chi connectivity index (χ0) is 17.9. The first kappa shape index (κ1) is 17.2. The number of piperazine rings is 1. The van der Waals surface area contributed by atoms with E-state index in [-0.39, 0.29) is 11.2 Å². The van der Waals surface area contributed by atoms with E-state index in [1.54, 1.807) is 6.07 Å². The highest BCUT2D eigenvalue weighted by Gasteiger charge is 2.20. The summed E-state index contributed by atoms with van der Waals surface area (Å²) < 4.78 is 14.3. The van der Waals surface area contributed by atoms with Crippen molar-refractivity contribution < 1.29 is 4.39 Å². The monoisotopic (exact) mass is 368 g/mol. The van der Waals surface area contributed by atoms with E-state index in [2.05, 4.69) is 34.1 Å². The maximum atomic E-state index is 13.5. The van der Waals surface area contributed by atoms with Gasteiger partial charge in [0.15, 0.2) is 0 Å². The van der Waals surface area contributed by atoms with E-state index in [1.165, 1.54) is 29.0 Å². The Morgan fingerprint density at radius 1 is 1.00 bits per heavy atom. The van der Waals surface area contributed by atoms with Crippen molar-refractivity contribution in [3.8, 4) is 0 Å². The molecule has 2 heterocycles. The van der Waals surface area contributed by atoms with Crippen molar-refractivity contribution in [1.29, 1.82) is 0 Å². The van der Waals surface area contributed by atoms with Crippen molar-refractivity contribution in [3.05, 3.63) is 75.5 Å². The second kappa shape index (κ2) is 7.56. The Morgan fingerprint density at radius 2 is 1.77 bits per heavy atom. The van der Waals surface area contributed by atoms with Gasteiger partial charge >= 0.3 is 0 Å². The van der Waals surface area contributed by atoms with Gasteiger partial charge in [0.05, 0.1) is 5.69 Å². The zero-order valence-corrected chi connectivity index (χ0v) is 15.3. The zero-order valence-electron chi connectivity index (χ0n) is 14.5. The number of halogens is 1. The third-order valence-electron chi connectivity index (χ3n) is 4.99. The molecule has 0 bridgehead atoms. The summed E-state index contributed by atoms with van der Waals surface area (Å²) in [6.07, 6.45) is 1.05. The summed E-state index contributed by atoms with van der Waals surface area (Å²) in [7, 11) is 0. The fraction of sp³-hybridized carbons (Fsp3) is 0.286. The Morgan fingerprint density at radius 3 is 2.54 bits per heavy atom. The Labute approximate surface area is 156 Å². The van der Waals surface area contributed by atoms with Crippen LogP contribution in [0.5, 0.6) is 0 Å².